The van der Waals surface area contributed by atoms with Gasteiger partial charge in [0.15, 0.2) is 0 Å². The number of halogens is 1. The first-order valence-electron chi connectivity index (χ1n) is 3.71. The average molecular weight is 252 g/mol. The molecule has 1 rings (SSSR count). The molecule has 0 aromatic carbocycles. The van der Waals surface area contributed by atoms with Gasteiger partial charge in [0, 0.05) is 3.92 Å². The maximum Gasteiger partial charge on any atom is 0.0667 e. The van der Waals surface area contributed by atoms with Crippen LogP contribution in [0.25, 0.3) is 0 Å². The molecule has 1 aliphatic rings. The van der Waals surface area contributed by atoms with E-state index in [-0.39, 0.29) is 0 Å². The Bertz CT molecular complexity index is 122. The van der Waals surface area contributed by atoms with Crippen molar-refractivity contribution in [1.82, 2.24) is 0 Å². The van der Waals surface area contributed by atoms with Crippen LogP contribution >= 0.6 is 22.6 Å². The van der Waals surface area contributed by atoms with E-state index in [4.69, 9.17) is 4.74 Å². The van der Waals surface area contributed by atoms with Crippen molar-refractivity contribution < 1.29 is 4.74 Å². The fourth-order valence-electron chi connectivity index (χ4n) is 0.962. The second-order valence-electron chi connectivity index (χ2n) is 2.59. The highest BCUT2D eigenvalue weighted by Gasteiger charge is 2.13. The zero-order valence-corrected chi connectivity index (χ0v) is 8.37. The fraction of sp³-hybridized carbons (Fsp3) is 0.750. The lowest BCUT2D eigenvalue weighted by Gasteiger charge is -2.19. The van der Waals surface area contributed by atoms with Gasteiger partial charge in [0.2, 0.25) is 0 Å². The molecule has 0 spiro atoms. The van der Waals surface area contributed by atoms with Gasteiger partial charge in [-0.2, -0.15) is 0 Å². The Hall–Kier alpha value is 0.430. The monoisotopic (exact) mass is 252 g/mol. The minimum atomic E-state index is 0.422. The van der Waals surface area contributed by atoms with E-state index < -0.39 is 0 Å². The predicted octanol–water partition coefficient (Wildman–Crippen LogP) is 2.55. The third-order valence-electron chi connectivity index (χ3n) is 1.70. The molecule has 0 aromatic heterocycles. The first-order valence-corrected chi connectivity index (χ1v) is 4.96. The molecule has 0 fully saturated rings. The Morgan fingerprint density at radius 1 is 1.50 bits per heavy atom. The number of hydrogen-bond acceptors (Lipinski definition) is 1. The van der Waals surface area contributed by atoms with Crippen LogP contribution in [0, 0.1) is 0 Å². The quantitative estimate of drug-likeness (QED) is 0.365. The number of alkyl halides is 1. The average Bonchev–Trinajstić information content (AvgIpc) is 1.92. The van der Waals surface area contributed by atoms with Crippen LogP contribution in [-0.4, -0.2) is 16.6 Å². The summed E-state index contributed by atoms with van der Waals surface area (Å²) in [7, 11) is 0. The summed E-state index contributed by atoms with van der Waals surface area (Å²) in [4.78, 5) is 0. The van der Waals surface area contributed by atoms with Gasteiger partial charge in [-0.25, -0.2) is 0 Å². The summed E-state index contributed by atoms with van der Waals surface area (Å²) in [6, 6.07) is 0. The zero-order chi connectivity index (χ0) is 7.40. The molecule has 1 heterocycles. The van der Waals surface area contributed by atoms with Gasteiger partial charge in [-0.3, -0.25) is 0 Å². The molecule has 1 aliphatic heterocycles. The van der Waals surface area contributed by atoms with E-state index in [2.05, 4.69) is 41.7 Å². The molecule has 0 amide bonds. The minimum Gasteiger partial charge on any atom is -0.377 e. The van der Waals surface area contributed by atoms with Gasteiger partial charge in [0.25, 0.3) is 0 Å². The summed E-state index contributed by atoms with van der Waals surface area (Å²) in [6.45, 7) is 3.04. The Balaban J connectivity index is 2.41. The Morgan fingerprint density at radius 3 is 3.10 bits per heavy atom. The minimum absolute atomic E-state index is 0.422. The smallest absolute Gasteiger partial charge is 0.0667 e. The molecule has 0 unspecified atom stereocenters. The van der Waals surface area contributed by atoms with Crippen LogP contribution in [0.15, 0.2) is 12.2 Å². The lowest BCUT2D eigenvalue weighted by atomic mass is 10.2. The molecule has 2 atom stereocenters. The van der Waals surface area contributed by atoms with Crippen LogP contribution in [0.2, 0.25) is 0 Å². The number of allylic oxidation sites excluding steroid dienone is 1. The van der Waals surface area contributed by atoms with Crippen molar-refractivity contribution in [3.63, 3.8) is 0 Å². The van der Waals surface area contributed by atoms with Gasteiger partial charge in [0.1, 0.15) is 0 Å². The third kappa shape index (κ3) is 2.58. The molecule has 0 aliphatic carbocycles. The van der Waals surface area contributed by atoms with Crippen LogP contribution in [0.5, 0.6) is 0 Å². The van der Waals surface area contributed by atoms with Crippen LogP contribution < -0.4 is 0 Å². The molecule has 0 N–H and O–H groups in total. The number of hydrogen-bond donors (Lipinski definition) is 0. The molecule has 58 valence electrons. The second-order valence-corrected chi connectivity index (χ2v) is 4.19. The molecular weight excluding hydrogens is 239 g/mol. The van der Waals surface area contributed by atoms with Crippen LogP contribution in [0.1, 0.15) is 19.8 Å². The maximum atomic E-state index is 5.54. The summed E-state index contributed by atoms with van der Waals surface area (Å²) in [6.07, 6.45) is 7.12. The van der Waals surface area contributed by atoms with Crippen LogP contribution in [0.4, 0.5) is 0 Å². The molecule has 1 nitrogen and oxygen atoms in total. The van der Waals surface area contributed by atoms with Crippen LogP contribution in [-0.2, 0) is 4.74 Å². The van der Waals surface area contributed by atoms with Crippen molar-refractivity contribution in [2.45, 2.75) is 29.8 Å². The number of ether oxygens (including phenoxy) is 1. The first kappa shape index (κ1) is 8.53. The van der Waals surface area contributed by atoms with Crippen molar-refractivity contribution in [3.05, 3.63) is 12.2 Å². The van der Waals surface area contributed by atoms with Gasteiger partial charge < -0.3 is 4.74 Å². The van der Waals surface area contributed by atoms with Gasteiger partial charge in [-0.15, -0.1) is 0 Å². The summed E-state index contributed by atoms with van der Waals surface area (Å²) >= 11 is 2.45. The molecule has 0 saturated carbocycles. The highest BCUT2D eigenvalue weighted by Crippen LogP contribution is 2.16. The lowest BCUT2D eigenvalue weighted by molar-refractivity contribution is 0.0694. The summed E-state index contributed by atoms with van der Waals surface area (Å²) < 4.78 is 6.18. The lowest BCUT2D eigenvalue weighted by Crippen LogP contribution is -2.21. The standard InChI is InChI=1S/C8H13IO/c1-7-8(9)5-3-2-4-6-10-7/h2-3,7-8H,4-6H2,1H3/b3-2-/t7-,8+/m1/s1. The summed E-state index contributed by atoms with van der Waals surface area (Å²) in [5, 5.41) is 0. The van der Waals surface area contributed by atoms with Gasteiger partial charge in [-0.05, 0) is 19.8 Å². The molecule has 0 bridgehead atoms. The van der Waals surface area contributed by atoms with Crippen molar-refractivity contribution in [2.75, 3.05) is 6.61 Å². The van der Waals surface area contributed by atoms with Crippen molar-refractivity contribution in [3.8, 4) is 0 Å². The van der Waals surface area contributed by atoms with Crippen molar-refractivity contribution in [2.24, 2.45) is 0 Å². The molecule has 2 heteroatoms. The largest absolute Gasteiger partial charge is 0.377 e. The molecule has 0 radical (unpaired) electrons. The SMILES string of the molecule is C[C@H]1OCC/C=C\C[C@@H]1I. The fourth-order valence-corrected chi connectivity index (χ4v) is 1.46. The van der Waals surface area contributed by atoms with Gasteiger partial charge in [-0.1, -0.05) is 34.7 Å². The maximum absolute atomic E-state index is 5.54. The number of rotatable bonds is 0. The molecule has 0 aromatic rings. The zero-order valence-electron chi connectivity index (χ0n) is 6.22. The van der Waals surface area contributed by atoms with Gasteiger partial charge >= 0.3 is 0 Å². The second kappa shape index (κ2) is 4.34. The predicted molar refractivity (Wildman–Crippen MR) is 51.6 cm³/mol. The van der Waals surface area contributed by atoms with E-state index >= 15 is 0 Å². The van der Waals surface area contributed by atoms with Crippen molar-refractivity contribution >= 4 is 22.6 Å². The Morgan fingerprint density at radius 2 is 2.30 bits per heavy atom. The van der Waals surface area contributed by atoms with Crippen molar-refractivity contribution in [1.29, 1.82) is 0 Å². The molecular formula is C8H13IO. The van der Waals surface area contributed by atoms with Gasteiger partial charge in [0.05, 0.1) is 12.7 Å². The third-order valence-corrected chi connectivity index (χ3v) is 3.22. The normalized spacial score (nSPS) is 38.2. The highest BCUT2D eigenvalue weighted by atomic mass is 127. The summed E-state index contributed by atoms with van der Waals surface area (Å²) in [5.74, 6) is 0. The first-order chi connectivity index (χ1) is 4.80. The van der Waals surface area contributed by atoms with E-state index in [0.29, 0.717) is 10.0 Å². The Kier molecular flexibility index (Phi) is 3.70. The van der Waals surface area contributed by atoms with E-state index in [1.165, 1.54) is 0 Å². The highest BCUT2D eigenvalue weighted by molar-refractivity contribution is 14.1. The van der Waals surface area contributed by atoms with E-state index in [9.17, 15) is 0 Å². The Labute approximate surface area is 76.0 Å². The van der Waals surface area contributed by atoms with Crippen LogP contribution in [0.3, 0.4) is 0 Å². The van der Waals surface area contributed by atoms with E-state index in [1.54, 1.807) is 0 Å². The summed E-state index contributed by atoms with van der Waals surface area (Å²) in [5.41, 5.74) is 0. The topological polar surface area (TPSA) is 9.23 Å². The van der Waals surface area contributed by atoms with E-state index in [1.807, 2.05) is 0 Å². The van der Waals surface area contributed by atoms with E-state index in [0.717, 1.165) is 19.4 Å². The molecule has 10 heavy (non-hydrogen) atoms. The molecule has 0 saturated heterocycles.